The molecule has 0 atom stereocenters. The van der Waals surface area contributed by atoms with E-state index in [-0.39, 0.29) is 18.3 Å². The number of amides is 1. The Morgan fingerprint density at radius 1 is 1.25 bits per heavy atom. The third kappa shape index (κ3) is 3.48. The molecule has 0 unspecified atom stereocenters. The number of nitrogens with one attached hydrogen (secondary N) is 1. The molecule has 24 heavy (non-hydrogen) atoms. The van der Waals surface area contributed by atoms with Crippen molar-refractivity contribution in [3.05, 3.63) is 48.0 Å². The Morgan fingerprint density at radius 2 is 2.00 bits per heavy atom. The molecule has 0 radical (unpaired) electrons. The van der Waals surface area contributed by atoms with Crippen LogP contribution in [0.3, 0.4) is 0 Å². The standard InChI is InChI=1S/C16H17FN6O/c1-3-23-18-8-14(20-23)19-15(24)10-22-9-11(2)16(21-22)12-4-6-13(17)7-5-12/h4-9H,3,10H2,1-2H3,(H,19,20,24). The summed E-state index contributed by atoms with van der Waals surface area (Å²) >= 11 is 0. The molecule has 0 aliphatic carbocycles. The fraction of sp³-hybridized carbons (Fsp3) is 0.250. The van der Waals surface area contributed by atoms with E-state index in [0.29, 0.717) is 12.4 Å². The average Bonchev–Trinajstić information content (AvgIpc) is 3.14. The average molecular weight is 328 g/mol. The molecule has 8 heteroatoms. The highest BCUT2D eigenvalue weighted by Crippen LogP contribution is 2.21. The van der Waals surface area contributed by atoms with Gasteiger partial charge >= 0.3 is 0 Å². The van der Waals surface area contributed by atoms with E-state index >= 15 is 0 Å². The largest absolute Gasteiger partial charge is 0.306 e. The molecular formula is C16H17FN6O. The first-order chi connectivity index (χ1) is 11.5. The van der Waals surface area contributed by atoms with E-state index in [4.69, 9.17) is 0 Å². The second kappa shape index (κ2) is 6.61. The Balaban J connectivity index is 1.70. The minimum absolute atomic E-state index is 0.0566. The van der Waals surface area contributed by atoms with Crippen LogP contribution in [-0.4, -0.2) is 30.7 Å². The Morgan fingerprint density at radius 3 is 2.67 bits per heavy atom. The summed E-state index contributed by atoms with van der Waals surface area (Å²) in [6, 6.07) is 6.10. The Labute approximate surface area is 138 Å². The molecule has 1 N–H and O–H groups in total. The molecule has 3 rings (SSSR count). The van der Waals surface area contributed by atoms with Crippen LogP contribution in [0.2, 0.25) is 0 Å². The van der Waals surface area contributed by atoms with Gasteiger partial charge in [0.15, 0.2) is 5.82 Å². The molecule has 124 valence electrons. The zero-order chi connectivity index (χ0) is 17.1. The number of hydrogen-bond donors (Lipinski definition) is 1. The zero-order valence-electron chi connectivity index (χ0n) is 13.4. The van der Waals surface area contributed by atoms with Crippen LogP contribution >= 0.6 is 0 Å². The maximum Gasteiger partial charge on any atom is 0.247 e. The minimum Gasteiger partial charge on any atom is -0.306 e. The Kier molecular flexibility index (Phi) is 4.37. The summed E-state index contributed by atoms with van der Waals surface area (Å²) in [5.41, 5.74) is 2.44. The van der Waals surface area contributed by atoms with Gasteiger partial charge in [-0.2, -0.15) is 15.0 Å². The van der Waals surface area contributed by atoms with Gasteiger partial charge in [0.25, 0.3) is 0 Å². The highest BCUT2D eigenvalue weighted by atomic mass is 19.1. The van der Waals surface area contributed by atoms with Crippen LogP contribution in [0, 0.1) is 12.7 Å². The number of rotatable bonds is 5. The van der Waals surface area contributed by atoms with Gasteiger partial charge < -0.3 is 5.32 Å². The second-order valence-electron chi connectivity index (χ2n) is 5.33. The number of anilines is 1. The third-order valence-corrected chi connectivity index (χ3v) is 3.45. The van der Waals surface area contributed by atoms with Gasteiger partial charge in [-0.05, 0) is 43.7 Å². The number of halogens is 1. The number of hydrogen-bond acceptors (Lipinski definition) is 4. The molecule has 0 aliphatic rings. The number of aromatic nitrogens is 5. The van der Waals surface area contributed by atoms with Crippen molar-refractivity contribution in [3.8, 4) is 11.3 Å². The van der Waals surface area contributed by atoms with Crippen molar-refractivity contribution >= 4 is 11.7 Å². The SMILES string of the molecule is CCn1ncc(NC(=O)Cn2cc(C)c(-c3ccc(F)cc3)n2)n1. The molecule has 2 aromatic heterocycles. The fourth-order valence-corrected chi connectivity index (χ4v) is 2.33. The molecule has 1 amide bonds. The maximum atomic E-state index is 13.0. The highest BCUT2D eigenvalue weighted by molar-refractivity contribution is 5.89. The van der Waals surface area contributed by atoms with E-state index < -0.39 is 0 Å². The van der Waals surface area contributed by atoms with E-state index in [0.717, 1.165) is 16.8 Å². The van der Waals surface area contributed by atoms with Gasteiger partial charge in [-0.1, -0.05) is 0 Å². The number of nitrogens with zero attached hydrogens (tertiary/aromatic N) is 5. The zero-order valence-corrected chi connectivity index (χ0v) is 13.4. The minimum atomic E-state index is -0.296. The summed E-state index contributed by atoms with van der Waals surface area (Å²) in [6.45, 7) is 4.50. The molecule has 3 aromatic rings. The molecule has 1 aromatic carbocycles. The van der Waals surface area contributed by atoms with Crippen LogP contribution < -0.4 is 5.32 Å². The van der Waals surface area contributed by atoms with Gasteiger partial charge in [0.2, 0.25) is 5.91 Å². The van der Waals surface area contributed by atoms with Crippen LogP contribution in [0.1, 0.15) is 12.5 Å². The normalized spacial score (nSPS) is 10.8. The van der Waals surface area contributed by atoms with Gasteiger partial charge in [0.1, 0.15) is 12.4 Å². The first-order valence-electron chi connectivity index (χ1n) is 7.55. The van der Waals surface area contributed by atoms with Crippen molar-refractivity contribution in [3.63, 3.8) is 0 Å². The van der Waals surface area contributed by atoms with Gasteiger partial charge in [-0.15, -0.1) is 5.10 Å². The van der Waals surface area contributed by atoms with Crippen LogP contribution in [0.5, 0.6) is 0 Å². The van der Waals surface area contributed by atoms with Crippen LogP contribution in [-0.2, 0) is 17.9 Å². The topological polar surface area (TPSA) is 77.6 Å². The summed E-state index contributed by atoms with van der Waals surface area (Å²) in [4.78, 5) is 13.6. The van der Waals surface area contributed by atoms with Crippen LogP contribution in [0.15, 0.2) is 36.7 Å². The second-order valence-corrected chi connectivity index (χ2v) is 5.33. The molecule has 0 bridgehead atoms. The Hall–Kier alpha value is -3.03. The summed E-state index contributed by atoms with van der Waals surface area (Å²) in [6.07, 6.45) is 3.28. The van der Waals surface area contributed by atoms with Crippen molar-refractivity contribution in [2.24, 2.45) is 0 Å². The molecular weight excluding hydrogens is 311 g/mol. The number of benzene rings is 1. The lowest BCUT2D eigenvalue weighted by molar-refractivity contribution is -0.116. The van der Waals surface area contributed by atoms with Gasteiger partial charge in [-0.3, -0.25) is 9.48 Å². The maximum absolute atomic E-state index is 13.0. The summed E-state index contributed by atoms with van der Waals surface area (Å²) < 4.78 is 14.6. The molecule has 0 aliphatic heterocycles. The molecule has 0 fully saturated rings. The van der Waals surface area contributed by atoms with E-state index in [9.17, 15) is 9.18 Å². The van der Waals surface area contributed by atoms with Crippen molar-refractivity contribution in [2.75, 3.05) is 5.32 Å². The van der Waals surface area contributed by atoms with Gasteiger partial charge in [0, 0.05) is 11.8 Å². The van der Waals surface area contributed by atoms with Gasteiger partial charge in [0.05, 0.1) is 18.4 Å². The number of carbonyl (C=O) groups is 1. The van der Waals surface area contributed by atoms with Crippen LogP contribution in [0.25, 0.3) is 11.3 Å². The quantitative estimate of drug-likeness (QED) is 0.779. The van der Waals surface area contributed by atoms with Crippen LogP contribution in [0.4, 0.5) is 10.2 Å². The van der Waals surface area contributed by atoms with E-state index in [2.05, 4.69) is 20.6 Å². The van der Waals surface area contributed by atoms with Crippen molar-refractivity contribution in [2.45, 2.75) is 26.9 Å². The number of carbonyl (C=O) groups excluding carboxylic acids is 1. The van der Waals surface area contributed by atoms with Crippen molar-refractivity contribution in [1.29, 1.82) is 0 Å². The number of aryl methyl sites for hydroxylation is 2. The molecule has 0 spiro atoms. The fourth-order valence-electron chi connectivity index (χ4n) is 2.33. The summed E-state index contributed by atoms with van der Waals surface area (Å²) in [5, 5.41) is 15.2. The summed E-state index contributed by atoms with van der Waals surface area (Å²) in [5.74, 6) is -0.133. The molecule has 7 nitrogen and oxygen atoms in total. The van der Waals surface area contributed by atoms with E-state index in [1.807, 2.05) is 13.8 Å². The third-order valence-electron chi connectivity index (χ3n) is 3.45. The smallest absolute Gasteiger partial charge is 0.247 e. The van der Waals surface area contributed by atoms with E-state index in [1.165, 1.54) is 23.1 Å². The lowest BCUT2D eigenvalue weighted by Crippen LogP contribution is -2.19. The van der Waals surface area contributed by atoms with E-state index in [1.54, 1.807) is 23.0 Å². The van der Waals surface area contributed by atoms with Crippen molar-refractivity contribution in [1.82, 2.24) is 24.8 Å². The predicted molar refractivity (Wildman–Crippen MR) is 86.7 cm³/mol. The van der Waals surface area contributed by atoms with Gasteiger partial charge in [-0.25, -0.2) is 4.39 Å². The Bertz CT molecular complexity index is 852. The first kappa shape index (κ1) is 15.9. The lowest BCUT2D eigenvalue weighted by atomic mass is 10.1. The lowest BCUT2D eigenvalue weighted by Gasteiger charge is -2.02. The first-order valence-corrected chi connectivity index (χ1v) is 7.55. The van der Waals surface area contributed by atoms with Crippen molar-refractivity contribution < 1.29 is 9.18 Å². The highest BCUT2D eigenvalue weighted by Gasteiger charge is 2.11. The molecule has 0 saturated carbocycles. The molecule has 0 saturated heterocycles. The monoisotopic (exact) mass is 328 g/mol. The molecule has 2 heterocycles. The summed E-state index contributed by atoms with van der Waals surface area (Å²) in [7, 11) is 0. The predicted octanol–water partition coefficient (Wildman–Crippen LogP) is 2.25.